The van der Waals surface area contributed by atoms with E-state index in [2.05, 4.69) is 10.9 Å². The van der Waals surface area contributed by atoms with Gasteiger partial charge in [-0.2, -0.15) is 0 Å². The summed E-state index contributed by atoms with van der Waals surface area (Å²) in [5.41, 5.74) is 0. The molecule has 0 fully saturated rings. The van der Waals surface area contributed by atoms with Crippen LogP contribution < -0.4 is 68.9 Å². The van der Waals surface area contributed by atoms with Gasteiger partial charge in [0.05, 0.1) is 6.26 Å². The van der Waals surface area contributed by atoms with Crippen LogP contribution in [0.25, 0.3) is 0 Å². The van der Waals surface area contributed by atoms with Gasteiger partial charge < -0.3 is 24.0 Å². The van der Waals surface area contributed by atoms with Gasteiger partial charge in [0.2, 0.25) is 0 Å². The maximum absolute atomic E-state index is 9.29. The fourth-order valence-electron chi connectivity index (χ4n) is 0.0680. The molecule has 10 heteroatoms. The van der Waals surface area contributed by atoms with Gasteiger partial charge in [0.25, 0.3) is 0 Å². The van der Waals surface area contributed by atoms with Crippen LogP contribution in [0.15, 0.2) is 12.8 Å². The van der Waals surface area contributed by atoms with Gasteiger partial charge in [0.15, 0.2) is 0 Å². The first-order chi connectivity index (χ1) is 4.54. The second-order valence-corrected chi connectivity index (χ2v) is 2.60. The van der Waals surface area contributed by atoms with E-state index in [4.69, 9.17) is 5.11 Å². The Balaban J connectivity index is -0.0000000569. The molecule has 0 amide bonds. The number of aliphatic hydroxyl groups excluding tert-OH is 1. The third-order valence-corrected chi connectivity index (χ3v) is 1.50. The molecule has 2 atom stereocenters. The summed E-state index contributed by atoms with van der Waals surface area (Å²) < 4.78 is 21.8. The molecule has 0 saturated heterocycles. The van der Waals surface area contributed by atoms with Crippen molar-refractivity contribution in [2.24, 2.45) is 0 Å². The molecule has 0 aliphatic heterocycles. The second kappa shape index (κ2) is 18.6. The fourth-order valence-corrected chi connectivity index (χ4v) is 0.612. The standard InChI is InChI=1S/C2H4O.2Na.H4O5P2/c1-2-3;;;1-6(2)5-7(3)4/h2-3H,1H2;;;6-7H,(H,1,2)(H,3,4)/q;2*+1;/p-2. The first kappa shape index (κ1) is 23.6. The Morgan fingerprint density at radius 2 is 1.42 bits per heavy atom. The van der Waals surface area contributed by atoms with Gasteiger partial charge in [-0.25, -0.2) is 0 Å². The second-order valence-electron chi connectivity index (χ2n) is 0.785. The predicted octanol–water partition coefficient (Wildman–Crippen LogP) is -6.80. The van der Waals surface area contributed by atoms with Crippen LogP contribution in [0.5, 0.6) is 0 Å². The van der Waals surface area contributed by atoms with E-state index in [1.165, 1.54) is 0 Å². The quantitative estimate of drug-likeness (QED) is 0.289. The molecular formula is C2H6Na2O6P2. The monoisotopic (exact) mass is 234 g/mol. The minimum Gasteiger partial charge on any atom is -0.781 e. The molecule has 0 aromatic rings. The first-order valence-corrected chi connectivity index (χ1v) is 4.34. The molecule has 0 bridgehead atoms. The molecular weight excluding hydrogens is 228 g/mol. The molecule has 0 aromatic heterocycles. The molecule has 0 rings (SSSR count). The molecule has 0 aromatic carbocycles. The third-order valence-electron chi connectivity index (χ3n) is 0.167. The Hall–Kier alpha value is 1.88. The minimum absolute atomic E-state index is 0. The van der Waals surface area contributed by atoms with Gasteiger partial charge in [-0.1, -0.05) is 6.58 Å². The maximum atomic E-state index is 9.29. The third kappa shape index (κ3) is 40.7. The number of rotatable bonds is 2. The van der Waals surface area contributed by atoms with Crippen LogP contribution in [0.2, 0.25) is 0 Å². The van der Waals surface area contributed by atoms with E-state index in [0.717, 1.165) is 6.26 Å². The minimum atomic E-state index is -3.51. The van der Waals surface area contributed by atoms with Crippen molar-refractivity contribution < 1.29 is 87.4 Å². The molecule has 0 saturated carbocycles. The summed E-state index contributed by atoms with van der Waals surface area (Å²) in [6, 6.07) is 0. The summed E-state index contributed by atoms with van der Waals surface area (Å²) >= 11 is 0. The van der Waals surface area contributed by atoms with E-state index in [1.807, 2.05) is 0 Å². The largest absolute Gasteiger partial charge is 1.00 e. The zero-order valence-corrected chi connectivity index (χ0v) is 12.8. The molecule has 2 unspecified atom stereocenters. The van der Waals surface area contributed by atoms with Crippen LogP contribution in [0.3, 0.4) is 0 Å². The molecule has 0 heterocycles. The average molecular weight is 234 g/mol. The normalized spacial score (nSPS) is 11.8. The van der Waals surface area contributed by atoms with Crippen molar-refractivity contribution in [3.8, 4) is 0 Å². The van der Waals surface area contributed by atoms with Crippen molar-refractivity contribution in [1.82, 2.24) is 0 Å². The summed E-state index contributed by atoms with van der Waals surface area (Å²) in [6.45, 7) is 2.92. The van der Waals surface area contributed by atoms with E-state index >= 15 is 0 Å². The zero-order valence-electron chi connectivity index (χ0n) is 6.77. The van der Waals surface area contributed by atoms with Crippen LogP contribution in [0.4, 0.5) is 0 Å². The topological polar surface area (TPSA) is 110 Å². The van der Waals surface area contributed by atoms with Gasteiger partial charge >= 0.3 is 59.1 Å². The van der Waals surface area contributed by atoms with Crippen molar-refractivity contribution in [2.45, 2.75) is 0 Å². The van der Waals surface area contributed by atoms with Crippen LogP contribution in [-0.4, -0.2) is 5.11 Å². The van der Waals surface area contributed by atoms with E-state index < -0.39 is 16.5 Å². The van der Waals surface area contributed by atoms with Gasteiger partial charge in [0.1, 0.15) is 16.5 Å². The summed E-state index contributed by atoms with van der Waals surface area (Å²) in [6.07, 6.45) is 0.750. The number of hydrogen-bond acceptors (Lipinski definition) is 6. The van der Waals surface area contributed by atoms with E-state index in [1.54, 1.807) is 0 Å². The Bertz CT molecular complexity index is 128. The smallest absolute Gasteiger partial charge is 0.781 e. The van der Waals surface area contributed by atoms with Gasteiger partial charge in [-0.15, -0.1) is 0 Å². The Morgan fingerprint density at radius 3 is 1.42 bits per heavy atom. The predicted molar refractivity (Wildman–Crippen MR) is 31.9 cm³/mol. The van der Waals surface area contributed by atoms with Crippen LogP contribution in [0, 0.1) is 0 Å². The van der Waals surface area contributed by atoms with Crippen LogP contribution in [-0.2, 0) is 13.4 Å². The van der Waals surface area contributed by atoms with Crippen molar-refractivity contribution in [2.75, 3.05) is 0 Å². The Labute approximate surface area is 115 Å². The molecule has 0 aliphatic carbocycles. The first-order valence-electron chi connectivity index (χ1n) is 1.89. The molecule has 0 aliphatic rings. The molecule has 62 valence electrons. The van der Waals surface area contributed by atoms with Crippen LogP contribution >= 0.6 is 16.5 Å². The Kier molecular flexibility index (Phi) is 36.6. The summed E-state index contributed by atoms with van der Waals surface area (Å²) in [7, 11) is -7.03. The SMILES string of the molecule is C=CO.O=[PH]([O-])O[PH](=O)[O-].[Na+].[Na+]. The van der Waals surface area contributed by atoms with E-state index in [0.29, 0.717) is 0 Å². The summed E-state index contributed by atoms with van der Waals surface area (Å²) in [4.78, 5) is 18.6. The van der Waals surface area contributed by atoms with Crippen molar-refractivity contribution in [3.05, 3.63) is 12.8 Å². The molecule has 0 radical (unpaired) electrons. The average Bonchev–Trinajstić information content (AvgIpc) is 1.62. The maximum Gasteiger partial charge on any atom is 1.00 e. The van der Waals surface area contributed by atoms with Crippen LogP contribution in [0.1, 0.15) is 0 Å². The Morgan fingerprint density at radius 1 is 1.25 bits per heavy atom. The van der Waals surface area contributed by atoms with E-state index in [9.17, 15) is 18.9 Å². The van der Waals surface area contributed by atoms with Gasteiger partial charge in [-0.3, -0.25) is 4.31 Å². The zero-order chi connectivity index (χ0) is 8.57. The summed E-state index contributed by atoms with van der Waals surface area (Å²) in [5, 5.41) is 7.33. The molecule has 6 nitrogen and oxygen atoms in total. The van der Waals surface area contributed by atoms with Gasteiger partial charge in [-0.05, 0) is 0 Å². The van der Waals surface area contributed by atoms with Crippen molar-refractivity contribution in [3.63, 3.8) is 0 Å². The summed E-state index contributed by atoms with van der Waals surface area (Å²) in [5.74, 6) is 0. The number of hydrogen-bond donors (Lipinski definition) is 1. The van der Waals surface area contributed by atoms with Crippen molar-refractivity contribution >= 4 is 16.5 Å². The van der Waals surface area contributed by atoms with Crippen molar-refractivity contribution in [1.29, 1.82) is 0 Å². The fraction of sp³-hybridized carbons (Fsp3) is 0. The molecule has 12 heavy (non-hydrogen) atoms. The van der Waals surface area contributed by atoms with E-state index in [-0.39, 0.29) is 59.1 Å². The number of aliphatic hydroxyl groups is 1. The van der Waals surface area contributed by atoms with Gasteiger partial charge in [0, 0.05) is 0 Å². The molecule has 1 N–H and O–H groups in total. The molecule has 0 spiro atoms.